The molecule has 0 radical (unpaired) electrons. The van der Waals surface area contributed by atoms with Crippen LogP contribution in [0.5, 0.6) is 11.5 Å². The number of carbonyl (C=O) groups excluding carboxylic acids is 1. The number of nitrogens with zero attached hydrogens (tertiary/aromatic N) is 1. The van der Waals surface area contributed by atoms with Crippen molar-refractivity contribution in [1.82, 2.24) is 0 Å². The molecule has 0 fully saturated rings. The maximum atomic E-state index is 12.1. The van der Waals surface area contributed by atoms with Crippen molar-refractivity contribution in [2.24, 2.45) is 4.99 Å². The second kappa shape index (κ2) is 5.85. The predicted molar refractivity (Wildman–Crippen MR) is 89.6 cm³/mol. The van der Waals surface area contributed by atoms with E-state index in [1.54, 1.807) is 42.5 Å². The average molecular weight is 362 g/mol. The second-order valence-corrected chi connectivity index (χ2v) is 5.92. The molecule has 0 saturated heterocycles. The van der Waals surface area contributed by atoms with Crippen molar-refractivity contribution in [3.8, 4) is 11.5 Å². The Morgan fingerprint density at radius 3 is 2.75 bits per heavy atom. The molecular weight excluding hydrogens is 353 g/mol. The highest BCUT2D eigenvalue weighted by molar-refractivity contribution is 6.36. The lowest BCUT2D eigenvalue weighted by Crippen LogP contribution is -2.06. The first-order valence-electron chi connectivity index (χ1n) is 6.98. The maximum Gasteiger partial charge on any atom is 0.363 e. The molecule has 0 amide bonds. The molecule has 2 aliphatic rings. The van der Waals surface area contributed by atoms with Gasteiger partial charge in [-0.2, -0.15) is 0 Å². The topological polar surface area (TPSA) is 57.1 Å². The van der Waals surface area contributed by atoms with Crippen LogP contribution in [0.4, 0.5) is 0 Å². The van der Waals surface area contributed by atoms with Crippen molar-refractivity contribution in [3.63, 3.8) is 0 Å². The molecule has 24 heavy (non-hydrogen) atoms. The Kier molecular flexibility index (Phi) is 3.67. The van der Waals surface area contributed by atoms with E-state index in [1.165, 1.54) is 0 Å². The molecule has 0 bridgehead atoms. The molecule has 0 saturated carbocycles. The van der Waals surface area contributed by atoms with Gasteiger partial charge in [0.25, 0.3) is 0 Å². The van der Waals surface area contributed by atoms with E-state index in [-0.39, 0.29) is 18.4 Å². The van der Waals surface area contributed by atoms with Crippen molar-refractivity contribution >= 4 is 41.1 Å². The highest BCUT2D eigenvalue weighted by atomic mass is 35.5. The zero-order valence-corrected chi connectivity index (χ0v) is 13.6. The van der Waals surface area contributed by atoms with Gasteiger partial charge in [-0.05, 0) is 42.0 Å². The van der Waals surface area contributed by atoms with Crippen LogP contribution in [0.25, 0.3) is 6.08 Å². The van der Waals surface area contributed by atoms with Gasteiger partial charge in [-0.1, -0.05) is 29.3 Å². The van der Waals surface area contributed by atoms with Crippen molar-refractivity contribution in [2.75, 3.05) is 6.79 Å². The molecule has 0 N–H and O–H groups in total. The fourth-order valence-corrected chi connectivity index (χ4v) is 2.72. The Bertz CT molecular complexity index is 921. The van der Waals surface area contributed by atoms with Gasteiger partial charge >= 0.3 is 5.97 Å². The van der Waals surface area contributed by atoms with Crippen LogP contribution in [-0.2, 0) is 9.53 Å². The molecule has 0 unspecified atom stereocenters. The van der Waals surface area contributed by atoms with E-state index in [1.807, 2.05) is 0 Å². The third-order valence-corrected chi connectivity index (χ3v) is 4.04. The third-order valence-electron chi connectivity index (χ3n) is 3.48. The molecule has 0 aliphatic carbocycles. The fourth-order valence-electron chi connectivity index (χ4n) is 2.35. The van der Waals surface area contributed by atoms with Crippen LogP contribution in [0.2, 0.25) is 10.0 Å². The van der Waals surface area contributed by atoms with Crippen molar-refractivity contribution in [1.29, 1.82) is 0 Å². The Morgan fingerprint density at radius 2 is 1.88 bits per heavy atom. The van der Waals surface area contributed by atoms with Crippen molar-refractivity contribution < 1.29 is 19.0 Å². The normalized spacial score (nSPS) is 17.2. The van der Waals surface area contributed by atoms with Gasteiger partial charge in [-0.3, -0.25) is 0 Å². The minimum absolute atomic E-state index is 0.125. The van der Waals surface area contributed by atoms with Gasteiger partial charge in [0, 0.05) is 5.02 Å². The van der Waals surface area contributed by atoms with Gasteiger partial charge in [0.2, 0.25) is 12.7 Å². The van der Waals surface area contributed by atoms with Crippen LogP contribution < -0.4 is 9.47 Å². The molecule has 4 rings (SSSR count). The largest absolute Gasteiger partial charge is 0.454 e. The first-order chi connectivity index (χ1) is 11.6. The van der Waals surface area contributed by atoms with Gasteiger partial charge in [0.1, 0.15) is 0 Å². The van der Waals surface area contributed by atoms with Gasteiger partial charge in [0.15, 0.2) is 17.2 Å². The molecule has 7 heteroatoms. The number of fused-ring (bicyclic) bond motifs is 1. The summed E-state index contributed by atoms with van der Waals surface area (Å²) >= 11 is 12.1. The molecule has 0 spiro atoms. The number of cyclic esters (lactones) is 1. The highest BCUT2D eigenvalue weighted by Gasteiger charge is 2.26. The van der Waals surface area contributed by atoms with E-state index in [0.717, 1.165) is 5.56 Å². The lowest BCUT2D eigenvalue weighted by atomic mass is 10.1. The van der Waals surface area contributed by atoms with Crippen LogP contribution in [0.1, 0.15) is 11.1 Å². The quantitative estimate of drug-likeness (QED) is 0.597. The van der Waals surface area contributed by atoms with Crippen LogP contribution in [0.3, 0.4) is 0 Å². The van der Waals surface area contributed by atoms with Gasteiger partial charge < -0.3 is 14.2 Å². The number of hydrogen-bond donors (Lipinski definition) is 0. The summed E-state index contributed by atoms with van der Waals surface area (Å²) in [5, 5.41) is 0.872. The lowest BCUT2D eigenvalue weighted by Gasteiger charge is -2.02. The minimum Gasteiger partial charge on any atom is -0.454 e. The number of aliphatic imine (C=N–C) groups is 1. The molecule has 5 nitrogen and oxygen atoms in total. The van der Waals surface area contributed by atoms with E-state index in [0.29, 0.717) is 27.1 Å². The zero-order chi connectivity index (χ0) is 16.7. The Morgan fingerprint density at radius 1 is 1.04 bits per heavy atom. The molecule has 2 aromatic carbocycles. The Balaban J connectivity index is 1.70. The van der Waals surface area contributed by atoms with Crippen molar-refractivity contribution in [3.05, 3.63) is 63.3 Å². The summed E-state index contributed by atoms with van der Waals surface area (Å²) in [6.07, 6.45) is 1.61. The lowest BCUT2D eigenvalue weighted by molar-refractivity contribution is -0.129. The number of hydrogen-bond acceptors (Lipinski definition) is 5. The number of esters is 1. The summed E-state index contributed by atoms with van der Waals surface area (Å²) in [5.74, 6) is 0.858. The van der Waals surface area contributed by atoms with Crippen LogP contribution >= 0.6 is 23.2 Å². The number of rotatable bonds is 2. The summed E-state index contributed by atoms with van der Waals surface area (Å²) in [6.45, 7) is 0.187. The first kappa shape index (κ1) is 15.1. The molecular formula is C17H9Cl2NO4. The fraction of sp³-hybridized carbons (Fsp3) is 0.0588. The van der Waals surface area contributed by atoms with Gasteiger partial charge in [-0.25, -0.2) is 9.79 Å². The van der Waals surface area contributed by atoms with Gasteiger partial charge in [0.05, 0.1) is 10.6 Å². The summed E-state index contributed by atoms with van der Waals surface area (Å²) in [6, 6.07) is 10.2. The zero-order valence-electron chi connectivity index (χ0n) is 12.1. The summed E-state index contributed by atoms with van der Waals surface area (Å²) in [5.41, 5.74) is 1.37. The molecule has 120 valence electrons. The van der Waals surface area contributed by atoms with Crippen LogP contribution in [0, 0.1) is 0 Å². The van der Waals surface area contributed by atoms with Crippen LogP contribution in [-0.4, -0.2) is 18.7 Å². The summed E-state index contributed by atoms with van der Waals surface area (Å²) in [7, 11) is 0. The first-order valence-corrected chi connectivity index (χ1v) is 7.73. The standard InChI is InChI=1S/C17H9Cl2NO4/c18-10-2-3-12(19)11(7-10)16-20-13(17(21)24-16)5-9-1-4-14-15(6-9)23-8-22-14/h1-7H,8H2/b13-5+. The van der Waals surface area contributed by atoms with E-state index in [2.05, 4.69) is 4.99 Å². The van der Waals surface area contributed by atoms with Gasteiger partial charge in [-0.15, -0.1) is 0 Å². The molecule has 2 aliphatic heterocycles. The van der Waals surface area contributed by atoms with E-state index in [4.69, 9.17) is 37.4 Å². The minimum atomic E-state index is -0.557. The van der Waals surface area contributed by atoms with E-state index < -0.39 is 5.97 Å². The average Bonchev–Trinajstić information content (AvgIpc) is 3.16. The molecule has 0 aromatic heterocycles. The summed E-state index contributed by atoms with van der Waals surface area (Å²) < 4.78 is 15.8. The number of ether oxygens (including phenoxy) is 3. The Hall–Kier alpha value is -2.50. The number of halogens is 2. The molecule has 2 heterocycles. The smallest absolute Gasteiger partial charge is 0.363 e. The van der Waals surface area contributed by atoms with Crippen LogP contribution in [0.15, 0.2) is 47.1 Å². The second-order valence-electron chi connectivity index (χ2n) is 5.07. The number of carbonyl (C=O) groups is 1. The summed E-state index contributed by atoms with van der Waals surface area (Å²) in [4.78, 5) is 16.3. The maximum absolute atomic E-state index is 12.1. The SMILES string of the molecule is O=C1OC(c2cc(Cl)ccc2Cl)=N/C1=C/c1ccc2c(c1)OCO2. The molecule has 2 aromatic rings. The Labute approximate surface area is 147 Å². The highest BCUT2D eigenvalue weighted by Crippen LogP contribution is 2.33. The number of benzene rings is 2. The van der Waals surface area contributed by atoms with E-state index >= 15 is 0 Å². The van der Waals surface area contributed by atoms with Crippen molar-refractivity contribution in [2.45, 2.75) is 0 Å². The molecule has 0 atom stereocenters. The predicted octanol–water partition coefficient (Wildman–Crippen LogP) is 4.07. The monoisotopic (exact) mass is 361 g/mol. The van der Waals surface area contributed by atoms with E-state index in [9.17, 15) is 4.79 Å². The third kappa shape index (κ3) is 2.72.